The van der Waals surface area contributed by atoms with Crippen LogP contribution in [-0.2, 0) is 20.9 Å². The smallest absolute Gasteiger partial charge is 0.302 e. The Morgan fingerprint density at radius 1 is 1.02 bits per heavy atom. The fraction of sp³-hybridized carbons (Fsp3) is 0.433. The number of hydrogen-bond donors (Lipinski definition) is 2. The summed E-state index contributed by atoms with van der Waals surface area (Å²) in [6.07, 6.45) is 4.79. The zero-order valence-electron chi connectivity index (χ0n) is 23.3. The molecule has 0 aliphatic carbocycles. The molecule has 1 amide bonds. The number of amides is 1. The number of ether oxygens (including phenoxy) is 1. The average Bonchev–Trinajstić information content (AvgIpc) is 3.36. The van der Waals surface area contributed by atoms with Gasteiger partial charge in [-0.3, -0.25) is 19.4 Å². The second-order valence-electron chi connectivity index (χ2n) is 11.0. The van der Waals surface area contributed by atoms with Crippen molar-refractivity contribution in [3.05, 3.63) is 60.4 Å². The number of piperazine rings is 1. The first-order chi connectivity index (χ1) is 20.0. The molecule has 0 spiro atoms. The summed E-state index contributed by atoms with van der Waals surface area (Å²) in [5.74, 6) is 1.09. The Balaban J connectivity index is 1.26. The molecule has 9 rings (SSSR count). The molecule has 6 aliphatic rings. The van der Waals surface area contributed by atoms with Crippen molar-refractivity contribution in [2.45, 2.75) is 38.5 Å². The Bertz CT molecular complexity index is 1380. The van der Waals surface area contributed by atoms with E-state index in [1.807, 2.05) is 36.5 Å². The maximum atomic E-state index is 12.8. The number of nitrogens with one attached hydrogen (secondary N) is 2. The summed E-state index contributed by atoms with van der Waals surface area (Å²) in [6, 6.07) is 14.3. The lowest BCUT2D eigenvalue weighted by Crippen LogP contribution is -2.49. The van der Waals surface area contributed by atoms with Gasteiger partial charge in [0.25, 0.3) is 0 Å². The second kappa shape index (κ2) is 12.2. The number of aromatic nitrogens is 3. The number of carbonyl (C=O) groups is 2. The first-order valence-corrected chi connectivity index (χ1v) is 14.3. The van der Waals surface area contributed by atoms with Gasteiger partial charge >= 0.3 is 5.97 Å². The molecule has 41 heavy (non-hydrogen) atoms. The van der Waals surface area contributed by atoms with E-state index in [-0.39, 0.29) is 24.0 Å². The van der Waals surface area contributed by atoms with E-state index in [1.165, 1.54) is 12.5 Å². The van der Waals surface area contributed by atoms with Crippen molar-refractivity contribution in [2.75, 3.05) is 56.0 Å². The maximum Gasteiger partial charge on any atom is 0.302 e. The summed E-state index contributed by atoms with van der Waals surface area (Å²) in [7, 11) is 0. The van der Waals surface area contributed by atoms with E-state index in [4.69, 9.17) is 14.7 Å². The highest BCUT2D eigenvalue weighted by Crippen LogP contribution is 2.29. The number of anilines is 3. The van der Waals surface area contributed by atoms with Crippen LogP contribution in [0.25, 0.3) is 11.3 Å². The van der Waals surface area contributed by atoms with Crippen LogP contribution < -0.4 is 15.5 Å². The summed E-state index contributed by atoms with van der Waals surface area (Å²) in [4.78, 5) is 45.2. The molecule has 11 nitrogen and oxygen atoms in total. The van der Waals surface area contributed by atoms with E-state index in [2.05, 4.69) is 42.5 Å². The van der Waals surface area contributed by atoms with Crippen molar-refractivity contribution in [3.63, 3.8) is 0 Å². The van der Waals surface area contributed by atoms with Crippen LogP contribution in [0.4, 0.5) is 17.5 Å². The predicted molar refractivity (Wildman–Crippen MR) is 156 cm³/mol. The molecule has 0 saturated carbocycles. The quantitative estimate of drug-likeness (QED) is 0.433. The number of esters is 1. The van der Waals surface area contributed by atoms with Gasteiger partial charge in [-0.25, -0.2) is 15.0 Å². The van der Waals surface area contributed by atoms with Crippen molar-refractivity contribution >= 4 is 29.3 Å². The number of rotatable bonds is 1. The Morgan fingerprint density at radius 2 is 1.85 bits per heavy atom. The molecule has 0 radical (unpaired) electrons. The predicted octanol–water partition coefficient (Wildman–Crippen LogP) is 2.43. The molecule has 11 heteroatoms. The lowest BCUT2D eigenvalue weighted by Gasteiger charge is -2.34. The fourth-order valence-corrected chi connectivity index (χ4v) is 5.91. The van der Waals surface area contributed by atoms with Gasteiger partial charge in [-0.1, -0.05) is 12.1 Å². The third kappa shape index (κ3) is 6.80. The molecule has 1 aromatic carbocycles. The van der Waals surface area contributed by atoms with Gasteiger partial charge in [0.2, 0.25) is 11.9 Å². The minimum Gasteiger partial charge on any atom is -0.461 e. The van der Waals surface area contributed by atoms with Crippen LogP contribution in [0.15, 0.2) is 54.9 Å². The van der Waals surface area contributed by atoms with Gasteiger partial charge < -0.3 is 20.3 Å². The van der Waals surface area contributed by atoms with Crippen molar-refractivity contribution in [3.8, 4) is 11.3 Å². The molecule has 6 aliphatic heterocycles. The summed E-state index contributed by atoms with van der Waals surface area (Å²) in [5, 5.41) is 6.46. The molecule has 2 unspecified atom stereocenters. The van der Waals surface area contributed by atoms with Crippen LogP contribution in [-0.4, -0.2) is 94.6 Å². The van der Waals surface area contributed by atoms with Gasteiger partial charge in [0.15, 0.2) is 0 Å². The van der Waals surface area contributed by atoms with Gasteiger partial charge in [-0.05, 0) is 42.3 Å². The molecule has 2 atom stereocenters. The van der Waals surface area contributed by atoms with Crippen molar-refractivity contribution < 1.29 is 14.3 Å². The SMILES string of the molecule is CC(=O)OC1CC2CCNC(=O)CN3CCN(CC3)Cc3cccc(c3)Nc3nccc(n3)-c3ccc(nc3)N2C1. The first-order valence-electron chi connectivity index (χ1n) is 14.3. The summed E-state index contributed by atoms with van der Waals surface area (Å²) >= 11 is 0. The zero-order chi connectivity index (χ0) is 28.2. The third-order valence-corrected chi connectivity index (χ3v) is 7.92. The standard InChI is InChI=1S/C30H36N8O3/c1-21(39)41-26-16-25-7-9-31-29(40)20-37-13-11-36(12-14-37)18-22-3-2-4-24(15-22)34-30-32-10-8-27(35-30)23-5-6-28(33-17-23)38(25)19-26/h2-6,8,10,15,17,25-26H,7,9,11-14,16,18-20H2,1H3,(H,31,40)(H,32,34,35). The monoisotopic (exact) mass is 556 g/mol. The van der Waals surface area contributed by atoms with E-state index < -0.39 is 0 Å². The number of hydrogen-bond acceptors (Lipinski definition) is 10. The number of benzene rings is 1. The lowest BCUT2D eigenvalue weighted by molar-refractivity contribution is -0.145. The largest absolute Gasteiger partial charge is 0.461 e. The van der Waals surface area contributed by atoms with Gasteiger partial charge in [-0.2, -0.15) is 0 Å². The van der Waals surface area contributed by atoms with E-state index in [9.17, 15) is 9.59 Å². The molecule has 2 fully saturated rings. The highest BCUT2D eigenvalue weighted by molar-refractivity contribution is 5.78. The Labute approximate surface area is 239 Å². The van der Waals surface area contributed by atoms with E-state index in [0.29, 0.717) is 32.0 Å². The van der Waals surface area contributed by atoms with E-state index in [0.717, 1.165) is 61.9 Å². The highest BCUT2D eigenvalue weighted by atomic mass is 16.5. The zero-order valence-corrected chi connectivity index (χ0v) is 23.3. The van der Waals surface area contributed by atoms with Gasteiger partial charge in [0, 0.05) is 82.3 Å². The number of pyridine rings is 1. The third-order valence-electron chi connectivity index (χ3n) is 7.92. The van der Waals surface area contributed by atoms with Crippen molar-refractivity contribution in [2.24, 2.45) is 0 Å². The average molecular weight is 557 g/mol. The lowest BCUT2D eigenvalue weighted by atomic mass is 10.1. The topological polar surface area (TPSA) is 116 Å². The van der Waals surface area contributed by atoms with Crippen LogP contribution >= 0.6 is 0 Å². The maximum absolute atomic E-state index is 12.8. The molecular weight excluding hydrogens is 520 g/mol. The summed E-state index contributed by atoms with van der Waals surface area (Å²) < 4.78 is 5.56. The van der Waals surface area contributed by atoms with E-state index in [1.54, 1.807) is 6.20 Å². The molecule has 8 heterocycles. The number of nitrogens with zero attached hydrogens (tertiary/aromatic N) is 6. The second-order valence-corrected chi connectivity index (χ2v) is 11.0. The molecular formula is C30H36N8O3. The number of carbonyl (C=O) groups excluding carboxylic acids is 2. The minimum absolute atomic E-state index is 0.0436. The Hall–Kier alpha value is -4.09. The Morgan fingerprint density at radius 3 is 2.63 bits per heavy atom. The molecule has 3 aromatic rings. The fourth-order valence-electron chi connectivity index (χ4n) is 5.91. The summed E-state index contributed by atoms with van der Waals surface area (Å²) in [6.45, 7) is 7.34. The van der Waals surface area contributed by atoms with Gasteiger partial charge in [0.1, 0.15) is 11.9 Å². The van der Waals surface area contributed by atoms with Crippen LogP contribution in [0.5, 0.6) is 0 Å². The highest BCUT2D eigenvalue weighted by Gasteiger charge is 2.34. The van der Waals surface area contributed by atoms with Crippen LogP contribution in [0, 0.1) is 0 Å². The van der Waals surface area contributed by atoms with Gasteiger partial charge in [0.05, 0.1) is 18.8 Å². The Kier molecular flexibility index (Phi) is 8.06. The molecule has 2 saturated heterocycles. The van der Waals surface area contributed by atoms with Crippen LogP contribution in [0.1, 0.15) is 25.3 Å². The van der Waals surface area contributed by atoms with Crippen LogP contribution in [0.3, 0.4) is 0 Å². The molecule has 2 aromatic heterocycles. The molecule has 2 N–H and O–H groups in total. The minimum atomic E-state index is -0.285. The first kappa shape index (κ1) is 27.1. The van der Waals surface area contributed by atoms with Crippen molar-refractivity contribution in [1.82, 2.24) is 30.1 Å². The summed E-state index contributed by atoms with van der Waals surface area (Å²) in [5.41, 5.74) is 3.80. The molecule has 214 valence electrons. The van der Waals surface area contributed by atoms with Crippen molar-refractivity contribution in [1.29, 1.82) is 0 Å². The van der Waals surface area contributed by atoms with Gasteiger partial charge in [-0.15, -0.1) is 0 Å². The normalized spacial score (nSPS) is 24.7. The molecule has 8 bridgehead atoms. The van der Waals surface area contributed by atoms with Crippen LogP contribution in [0.2, 0.25) is 0 Å². The van der Waals surface area contributed by atoms with E-state index >= 15 is 0 Å².